The van der Waals surface area contributed by atoms with Crippen LogP contribution in [-0.4, -0.2) is 22.8 Å². The number of carbonyl (C=O) groups excluding carboxylic acids is 2. The molecule has 0 aliphatic carbocycles. The zero-order valence-electron chi connectivity index (χ0n) is 17.6. The van der Waals surface area contributed by atoms with Crippen molar-refractivity contribution in [1.29, 1.82) is 0 Å². The Hall–Kier alpha value is -3.77. The maximum absolute atomic E-state index is 13.1. The summed E-state index contributed by atoms with van der Waals surface area (Å²) in [4.78, 5) is 30.3. The van der Waals surface area contributed by atoms with E-state index in [2.05, 4.69) is 15.6 Å². The summed E-state index contributed by atoms with van der Waals surface area (Å²) in [5.74, 6) is -0.550. The van der Waals surface area contributed by atoms with Gasteiger partial charge < -0.3 is 10.6 Å². The van der Waals surface area contributed by atoms with Gasteiger partial charge in [0, 0.05) is 28.6 Å². The van der Waals surface area contributed by atoms with Crippen molar-refractivity contribution < 1.29 is 9.59 Å². The Labute approximate surface area is 191 Å². The number of anilines is 1. The maximum atomic E-state index is 13.1. The fraction of sp³-hybridized carbons (Fsp3) is 0.115. The summed E-state index contributed by atoms with van der Waals surface area (Å²) in [5, 5.41) is 8.84. The second-order valence-electron chi connectivity index (χ2n) is 7.40. The zero-order chi connectivity index (χ0) is 22.3. The van der Waals surface area contributed by atoms with Crippen LogP contribution in [0.2, 0.25) is 0 Å². The van der Waals surface area contributed by atoms with Crippen LogP contribution in [-0.2, 0) is 11.2 Å². The Bertz CT molecular complexity index is 1190. The van der Waals surface area contributed by atoms with Crippen LogP contribution < -0.4 is 10.6 Å². The quantitative estimate of drug-likeness (QED) is 0.419. The van der Waals surface area contributed by atoms with Gasteiger partial charge in [-0.05, 0) is 36.8 Å². The molecule has 2 amide bonds. The molecule has 32 heavy (non-hydrogen) atoms. The van der Waals surface area contributed by atoms with Gasteiger partial charge >= 0.3 is 0 Å². The molecule has 6 heteroatoms. The minimum Gasteiger partial charge on any atom is -0.340 e. The largest absolute Gasteiger partial charge is 0.340 e. The molecule has 0 bridgehead atoms. The van der Waals surface area contributed by atoms with Crippen molar-refractivity contribution >= 4 is 28.8 Å². The van der Waals surface area contributed by atoms with Crippen LogP contribution in [0.3, 0.4) is 0 Å². The van der Waals surface area contributed by atoms with Crippen LogP contribution >= 0.6 is 11.3 Å². The monoisotopic (exact) mass is 441 g/mol. The van der Waals surface area contributed by atoms with Crippen LogP contribution in [0.5, 0.6) is 0 Å². The van der Waals surface area contributed by atoms with Gasteiger partial charge in [-0.3, -0.25) is 9.59 Å². The Morgan fingerprint density at radius 2 is 1.56 bits per heavy atom. The van der Waals surface area contributed by atoms with Gasteiger partial charge in [-0.2, -0.15) is 0 Å². The van der Waals surface area contributed by atoms with Crippen molar-refractivity contribution in [3.05, 3.63) is 106 Å². The molecular weight excluding hydrogens is 418 g/mol. The van der Waals surface area contributed by atoms with Crippen molar-refractivity contribution in [1.82, 2.24) is 10.3 Å². The standard InChI is InChI=1S/C26H23N3O2S/c1-18-27-24(17-32-18)20-12-14-22(15-13-20)28-26(31)23(16-19-8-4-2-5-9-19)29-25(30)21-10-6-3-7-11-21/h2-15,17,23H,16H2,1H3,(H,28,31)(H,29,30)/t23-/m0/s1. The zero-order valence-corrected chi connectivity index (χ0v) is 18.4. The Morgan fingerprint density at radius 1 is 0.906 bits per heavy atom. The average Bonchev–Trinajstić information content (AvgIpc) is 3.26. The second-order valence-corrected chi connectivity index (χ2v) is 8.46. The van der Waals surface area contributed by atoms with E-state index in [4.69, 9.17) is 0 Å². The maximum Gasteiger partial charge on any atom is 0.251 e. The number of thiazole rings is 1. The van der Waals surface area contributed by atoms with E-state index in [0.717, 1.165) is 21.8 Å². The number of amides is 2. The molecule has 4 aromatic rings. The molecule has 1 heterocycles. The van der Waals surface area contributed by atoms with E-state index in [1.54, 1.807) is 35.6 Å². The van der Waals surface area contributed by atoms with E-state index >= 15 is 0 Å². The topological polar surface area (TPSA) is 71.1 Å². The third-order valence-corrected chi connectivity index (χ3v) is 5.78. The predicted octanol–water partition coefficient (Wildman–Crippen LogP) is 5.10. The van der Waals surface area contributed by atoms with Gasteiger partial charge in [0.2, 0.25) is 5.91 Å². The van der Waals surface area contributed by atoms with Crippen LogP contribution in [0.4, 0.5) is 5.69 Å². The fourth-order valence-corrected chi connectivity index (χ4v) is 3.96. The summed E-state index contributed by atoms with van der Waals surface area (Å²) in [6.07, 6.45) is 0.390. The van der Waals surface area contributed by atoms with Gasteiger partial charge in [0.05, 0.1) is 10.7 Å². The average molecular weight is 442 g/mol. The van der Waals surface area contributed by atoms with Gasteiger partial charge in [-0.15, -0.1) is 11.3 Å². The SMILES string of the molecule is Cc1nc(-c2ccc(NC(=O)[C@H](Cc3ccccc3)NC(=O)c3ccccc3)cc2)cs1. The summed E-state index contributed by atoms with van der Waals surface area (Å²) in [5.41, 5.74) is 4.06. The molecule has 5 nitrogen and oxygen atoms in total. The number of aryl methyl sites for hydroxylation is 1. The number of hydrogen-bond acceptors (Lipinski definition) is 4. The lowest BCUT2D eigenvalue weighted by Gasteiger charge is -2.19. The first-order chi connectivity index (χ1) is 15.6. The second kappa shape index (κ2) is 10.0. The normalized spacial score (nSPS) is 11.5. The van der Waals surface area contributed by atoms with Crippen molar-refractivity contribution in [2.75, 3.05) is 5.32 Å². The first-order valence-corrected chi connectivity index (χ1v) is 11.2. The summed E-state index contributed by atoms with van der Waals surface area (Å²) in [6, 6.07) is 25.4. The molecule has 0 aliphatic rings. The minimum atomic E-state index is -0.717. The minimum absolute atomic E-state index is 0.268. The summed E-state index contributed by atoms with van der Waals surface area (Å²) in [7, 11) is 0. The lowest BCUT2D eigenvalue weighted by Crippen LogP contribution is -2.45. The number of rotatable bonds is 7. The smallest absolute Gasteiger partial charge is 0.251 e. The molecule has 0 unspecified atom stereocenters. The van der Waals surface area contributed by atoms with Gasteiger partial charge in [0.1, 0.15) is 6.04 Å². The van der Waals surface area contributed by atoms with Crippen molar-refractivity contribution in [2.45, 2.75) is 19.4 Å². The molecular formula is C26H23N3O2S. The van der Waals surface area contributed by atoms with Crippen LogP contribution in [0.25, 0.3) is 11.3 Å². The summed E-state index contributed by atoms with van der Waals surface area (Å²) < 4.78 is 0. The first-order valence-electron chi connectivity index (χ1n) is 10.3. The highest BCUT2D eigenvalue weighted by atomic mass is 32.1. The van der Waals surface area contributed by atoms with Crippen LogP contribution in [0.15, 0.2) is 90.3 Å². The molecule has 1 aromatic heterocycles. The molecule has 0 fully saturated rings. The van der Waals surface area contributed by atoms with Crippen molar-refractivity contribution in [3.63, 3.8) is 0 Å². The van der Waals surface area contributed by atoms with E-state index in [1.807, 2.05) is 73.0 Å². The molecule has 3 aromatic carbocycles. The number of nitrogens with zero attached hydrogens (tertiary/aromatic N) is 1. The van der Waals surface area contributed by atoms with Crippen LogP contribution in [0, 0.1) is 6.92 Å². The fourth-order valence-electron chi connectivity index (χ4n) is 3.34. The Kier molecular flexibility index (Phi) is 6.72. The summed E-state index contributed by atoms with van der Waals surface area (Å²) >= 11 is 1.60. The van der Waals surface area contributed by atoms with E-state index in [9.17, 15) is 9.59 Å². The third kappa shape index (κ3) is 5.47. The van der Waals surface area contributed by atoms with E-state index in [-0.39, 0.29) is 11.8 Å². The van der Waals surface area contributed by atoms with E-state index in [0.29, 0.717) is 17.7 Å². The molecule has 0 spiro atoms. The third-order valence-electron chi connectivity index (χ3n) is 5.01. The molecule has 0 radical (unpaired) electrons. The number of hydrogen-bond donors (Lipinski definition) is 2. The number of aromatic nitrogens is 1. The number of nitrogens with one attached hydrogen (secondary N) is 2. The number of benzene rings is 3. The first kappa shape index (κ1) is 21.5. The Morgan fingerprint density at radius 3 is 2.19 bits per heavy atom. The lowest BCUT2D eigenvalue weighted by atomic mass is 10.0. The molecule has 2 N–H and O–H groups in total. The van der Waals surface area contributed by atoms with E-state index in [1.165, 1.54) is 0 Å². The van der Waals surface area contributed by atoms with E-state index < -0.39 is 6.04 Å². The Balaban J connectivity index is 1.49. The molecule has 1 atom stereocenters. The van der Waals surface area contributed by atoms with Crippen molar-refractivity contribution in [3.8, 4) is 11.3 Å². The summed E-state index contributed by atoms with van der Waals surface area (Å²) in [6.45, 7) is 1.97. The highest BCUT2D eigenvalue weighted by Crippen LogP contribution is 2.23. The van der Waals surface area contributed by atoms with Gasteiger partial charge in [-0.25, -0.2) is 4.98 Å². The molecule has 0 saturated heterocycles. The molecule has 4 rings (SSSR count). The lowest BCUT2D eigenvalue weighted by molar-refractivity contribution is -0.118. The highest BCUT2D eigenvalue weighted by Gasteiger charge is 2.22. The van der Waals surface area contributed by atoms with Gasteiger partial charge in [0.15, 0.2) is 0 Å². The molecule has 160 valence electrons. The van der Waals surface area contributed by atoms with Crippen LogP contribution in [0.1, 0.15) is 20.9 Å². The predicted molar refractivity (Wildman–Crippen MR) is 129 cm³/mol. The van der Waals surface area contributed by atoms with Gasteiger partial charge in [0.25, 0.3) is 5.91 Å². The van der Waals surface area contributed by atoms with Crippen molar-refractivity contribution in [2.24, 2.45) is 0 Å². The molecule has 0 aliphatic heterocycles. The highest BCUT2D eigenvalue weighted by molar-refractivity contribution is 7.09. The van der Waals surface area contributed by atoms with Gasteiger partial charge in [-0.1, -0.05) is 60.7 Å². The number of carbonyl (C=O) groups is 2. The molecule has 0 saturated carbocycles.